The molecule has 1 aromatic rings. The zero-order valence-electron chi connectivity index (χ0n) is 9.25. The van der Waals surface area contributed by atoms with Gasteiger partial charge in [0.25, 0.3) is 5.69 Å². The molecule has 3 N–H and O–H groups in total. The monoisotopic (exact) mass is 269 g/mol. The third-order valence-corrected chi connectivity index (χ3v) is 3.41. The molecular formula is C10H11N3O4S. The van der Waals surface area contributed by atoms with E-state index in [0.29, 0.717) is 11.6 Å². The number of benzene rings is 1. The van der Waals surface area contributed by atoms with Crippen LogP contribution in [0.1, 0.15) is 0 Å². The van der Waals surface area contributed by atoms with Gasteiger partial charge in [0.15, 0.2) is 0 Å². The lowest BCUT2D eigenvalue weighted by atomic mass is 10.2. The van der Waals surface area contributed by atoms with Crippen LogP contribution in [0.3, 0.4) is 0 Å². The third-order valence-electron chi connectivity index (χ3n) is 2.47. The molecule has 8 heteroatoms. The Morgan fingerprint density at radius 2 is 2.39 bits per heavy atom. The summed E-state index contributed by atoms with van der Waals surface area (Å²) in [5.74, 6) is 0.802. The predicted octanol–water partition coefficient (Wildman–Crippen LogP) is 0.901. The van der Waals surface area contributed by atoms with Gasteiger partial charge in [-0.2, -0.15) is 0 Å². The highest BCUT2D eigenvalue weighted by molar-refractivity contribution is 7.99. The summed E-state index contributed by atoms with van der Waals surface area (Å²) in [4.78, 5) is 22.0. The van der Waals surface area contributed by atoms with Crippen LogP contribution in [0.2, 0.25) is 0 Å². The van der Waals surface area contributed by atoms with Gasteiger partial charge in [-0.15, -0.1) is 11.8 Å². The summed E-state index contributed by atoms with van der Waals surface area (Å²) in [6, 6.07) is 3.27. The normalized spacial score (nSPS) is 18.6. The van der Waals surface area contributed by atoms with Crippen molar-refractivity contribution in [3.05, 3.63) is 28.3 Å². The summed E-state index contributed by atoms with van der Waals surface area (Å²) in [6.45, 7) is 0. The van der Waals surface area contributed by atoms with Gasteiger partial charge in [0, 0.05) is 11.6 Å². The van der Waals surface area contributed by atoms with Crippen molar-refractivity contribution in [3.8, 4) is 5.75 Å². The Balaban J connectivity index is 2.17. The molecule has 0 radical (unpaired) electrons. The van der Waals surface area contributed by atoms with Crippen molar-refractivity contribution in [2.45, 2.75) is 6.04 Å². The number of phenols is 1. The molecular weight excluding hydrogens is 258 g/mol. The molecule has 1 saturated heterocycles. The summed E-state index contributed by atoms with van der Waals surface area (Å²) >= 11 is 1.59. The van der Waals surface area contributed by atoms with E-state index in [9.17, 15) is 20.0 Å². The lowest BCUT2D eigenvalue weighted by molar-refractivity contribution is -0.384. The molecule has 96 valence electrons. The maximum atomic E-state index is 11.8. The van der Waals surface area contributed by atoms with Gasteiger partial charge in [-0.3, -0.25) is 20.2 Å². The Morgan fingerprint density at radius 3 is 3.00 bits per heavy atom. The van der Waals surface area contributed by atoms with Crippen LogP contribution in [0.5, 0.6) is 5.75 Å². The highest BCUT2D eigenvalue weighted by Gasteiger charge is 2.25. The number of rotatable bonds is 3. The number of carbonyl (C=O) groups is 1. The van der Waals surface area contributed by atoms with Crippen molar-refractivity contribution < 1.29 is 14.8 Å². The average molecular weight is 269 g/mol. The minimum atomic E-state index is -0.647. The second kappa shape index (κ2) is 5.23. The molecule has 0 saturated carbocycles. The predicted molar refractivity (Wildman–Crippen MR) is 67.6 cm³/mol. The van der Waals surface area contributed by atoms with Crippen LogP contribution in [0.15, 0.2) is 18.2 Å². The van der Waals surface area contributed by atoms with Crippen molar-refractivity contribution in [1.29, 1.82) is 0 Å². The smallest absolute Gasteiger partial charge is 0.296 e. The molecule has 1 aliphatic heterocycles. The highest BCUT2D eigenvalue weighted by atomic mass is 32.2. The van der Waals surface area contributed by atoms with Crippen LogP contribution in [0, 0.1) is 10.1 Å². The van der Waals surface area contributed by atoms with E-state index in [1.165, 1.54) is 12.1 Å². The van der Waals surface area contributed by atoms with Crippen molar-refractivity contribution >= 4 is 29.0 Å². The van der Waals surface area contributed by atoms with E-state index in [-0.39, 0.29) is 29.1 Å². The van der Waals surface area contributed by atoms with Crippen LogP contribution >= 0.6 is 11.8 Å². The first-order valence-corrected chi connectivity index (χ1v) is 6.33. The lowest BCUT2D eigenvalue weighted by Gasteiger charge is -2.10. The maximum Gasteiger partial charge on any atom is 0.296 e. The second-order valence-electron chi connectivity index (χ2n) is 3.72. The number of thioether (sulfide) groups is 1. The van der Waals surface area contributed by atoms with Crippen molar-refractivity contribution in [3.63, 3.8) is 0 Å². The molecule has 0 aliphatic carbocycles. The van der Waals surface area contributed by atoms with Crippen molar-refractivity contribution in [1.82, 2.24) is 5.32 Å². The number of hydrogen-bond acceptors (Lipinski definition) is 6. The van der Waals surface area contributed by atoms with E-state index in [0.717, 1.165) is 6.07 Å². The van der Waals surface area contributed by atoms with Crippen LogP contribution < -0.4 is 10.6 Å². The van der Waals surface area contributed by atoms with Gasteiger partial charge in [0.2, 0.25) is 5.91 Å². The number of nitro groups is 1. The molecule has 1 aromatic carbocycles. The summed E-state index contributed by atoms with van der Waals surface area (Å²) in [6.07, 6.45) is 0. The van der Waals surface area contributed by atoms with Crippen molar-refractivity contribution in [2.75, 3.05) is 16.9 Å². The fourth-order valence-corrected chi connectivity index (χ4v) is 2.50. The fraction of sp³-hybridized carbons (Fsp3) is 0.300. The SMILES string of the molecule is O=C(Nc1ccc(O)cc1[N+](=O)[O-])C1CSCN1. The van der Waals surface area contributed by atoms with Gasteiger partial charge in [0.05, 0.1) is 17.0 Å². The van der Waals surface area contributed by atoms with E-state index < -0.39 is 4.92 Å². The number of carbonyl (C=O) groups excluding carboxylic acids is 1. The molecule has 18 heavy (non-hydrogen) atoms. The minimum absolute atomic E-state index is 0.0847. The molecule has 1 heterocycles. The Hall–Kier alpha value is -1.80. The molecule has 1 atom stereocenters. The van der Waals surface area contributed by atoms with Gasteiger partial charge in [0.1, 0.15) is 11.4 Å². The highest BCUT2D eigenvalue weighted by Crippen LogP contribution is 2.28. The minimum Gasteiger partial charge on any atom is -0.508 e. The number of amides is 1. The quantitative estimate of drug-likeness (QED) is 0.428. The van der Waals surface area contributed by atoms with Gasteiger partial charge in [-0.05, 0) is 12.1 Å². The molecule has 7 nitrogen and oxygen atoms in total. The van der Waals surface area contributed by atoms with Gasteiger partial charge >= 0.3 is 0 Å². The second-order valence-corrected chi connectivity index (χ2v) is 4.75. The summed E-state index contributed by atoms with van der Waals surface area (Å²) in [5.41, 5.74) is -0.240. The summed E-state index contributed by atoms with van der Waals surface area (Å²) in [5, 5.41) is 25.5. The van der Waals surface area contributed by atoms with Gasteiger partial charge in [-0.25, -0.2) is 0 Å². The zero-order chi connectivity index (χ0) is 13.1. The Bertz CT molecular complexity index is 488. The van der Waals surface area contributed by atoms with Crippen molar-refractivity contribution in [2.24, 2.45) is 0 Å². The molecule has 1 amide bonds. The Labute approximate surface area is 107 Å². The standard InChI is InChI=1S/C10H11N3O4S/c14-6-1-2-7(9(3-6)13(16)17)12-10(15)8-4-18-5-11-8/h1-3,8,11,14H,4-5H2,(H,12,15). The molecule has 0 aromatic heterocycles. The molecule has 1 fully saturated rings. The van der Waals surface area contributed by atoms with Gasteiger partial charge < -0.3 is 10.4 Å². The summed E-state index contributed by atoms with van der Waals surface area (Å²) < 4.78 is 0. The van der Waals surface area contributed by atoms with E-state index in [1.54, 1.807) is 11.8 Å². The number of nitrogens with one attached hydrogen (secondary N) is 2. The van der Waals surface area contributed by atoms with Crippen LogP contribution in [-0.4, -0.2) is 33.6 Å². The van der Waals surface area contributed by atoms with E-state index >= 15 is 0 Å². The van der Waals surface area contributed by atoms with E-state index in [4.69, 9.17) is 0 Å². The first-order valence-electron chi connectivity index (χ1n) is 5.17. The Kier molecular flexibility index (Phi) is 3.68. The average Bonchev–Trinajstić information content (AvgIpc) is 2.84. The van der Waals surface area contributed by atoms with E-state index in [2.05, 4.69) is 10.6 Å². The Morgan fingerprint density at radius 1 is 1.61 bits per heavy atom. The van der Waals surface area contributed by atoms with Crippen LogP contribution in [0.25, 0.3) is 0 Å². The first-order chi connectivity index (χ1) is 8.58. The molecule has 0 bridgehead atoms. The molecule has 1 unspecified atom stereocenters. The largest absolute Gasteiger partial charge is 0.508 e. The zero-order valence-corrected chi connectivity index (χ0v) is 10.1. The fourth-order valence-electron chi connectivity index (χ4n) is 1.56. The van der Waals surface area contributed by atoms with Crippen LogP contribution in [0.4, 0.5) is 11.4 Å². The molecule has 1 aliphatic rings. The number of hydrogen-bond donors (Lipinski definition) is 3. The topological polar surface area (TPSA) is 104 Å². The van der Waals surface area contributed by atoms with Gasteiger partial charge in [-0.1, -0.05) is 0 Å². The maximum absolute atomic E-state index is 11.8. The number of nitrogens with zero attached hydrogens (tertiary/aromatic N) is 1. The third kappa shape index (κ3) is 2.71. The van der Waals surface area contributed by atoms with Crippen LogP contribution in [-0.2, 0) is 4.79 Å². The van der Waals surface area contributed by atoms with E-state index in [1.807, 2.05) is 0 Å². The molecule has 2 rings (SSSR count). The lowest BCUT2D eigenvalue weighted by Crippen LogP contribution is -2.37. The number of anilines is 1. The number of nitro benzene ring substituents is 1. The summed E-state index contributed by atoms with van der Waals surface area (Å²) in [7, 11) is 0. The number of aromatic hydroxyl groups is 1. The molecule has 0 spiro atoms. The number of phenolic OH excluding ortho intramolecular Hbond substituents is 1. The first kappa shape index (κ1) is 12.7.